The molecule has 0 aromatic carbocycles. The van der Waals surface area contributed by atoms with E-state index in [0.717, 1.165) is 0 Å². The molecule has 12 nitrogen and oxygen atoms in total. The van der Waals surface area contributed by atoms with Gasteiger partial charge in [0.2, 0.25) is 0 Å². The molecule has 1 N–H and O–H groups in total. The number of nitrogens with zero attached hydrogens (tertiary/aromatic N) is 4. The Bertz CT molecular complexity index is 610. The van der Waals surface area contributed by atoms with Gasteiger partial charge in [0.1, 0.15) is 6.61 Å². The van der Waals surface area contributed by atoms with Crippen LogP contribution in [0.25, 0.3) is 0 Å². The highest BCUT2D eigenvalue weighted by Crippen LogP contribution is 2.02. The molecule has 1 unspecified atom stereocenters. The Morgan fingerprint density at radius 3 is 1.44 bits per heavy atom. The summed E-state index contributed by atoms with van der Waals surface area (Å²) in [5.74, 6) is -1.47. The van der Waals surface area contributed by atoms with Gasteiger partial charge in [-0.05, 0) is 0 Å². The molecule has 32 heavy (non-hydrogen) atoms. The van der Waals surface area contributed by atoms with Crippen molar-refractivity contribution < 1.29 is 39.5 Å². The second-order valence-corrected chi connectivity index (χ2v) is 7.62. The Morgan fingerprint density at radius 2 is 1.12 bits per heavy atom. The second-order valence-electron chi connectivity index (χ2n) is 7.62. The highest BCUT2D eigenvalue weighted by molar-refractivity contribution is 5.67. The summed E-state index contributed by atoms with van der Waals surface area (Å²) in [6.45, 7) is 1.79. The van der Waals surface area contributed by atoms with E-state index in [1.165, 1.54) is 0 Å². The maximum Gasteiger partial charge on any atom is 0.107 e. The van der Waals surface area contributed by atoms with Gasteiger partial charge >= 0.3 is 0 Å². The molecule has 12 heteroatoms. The van der Waals surface area contributed by atoms with Crippen molar-refractivity contribution in [3.63, 3.8) is 0 Å². The number of carboxylic acid groups (broad SMARTS) is 3. The van der Waals surface area contributed by atoms with Gasteiger partial charge in [0, 0.05) is 78.5 Å². The number of ether oxygens (including phenoxy) is 1. The Kier molecular flexibility index (Phi) is 13.5. The zero-order valence-electron chi connectivity index (χ0n) is 18.1. The molecule has 0 saturated carbocycles. The van der Waals surface area contributed by atoms with E-state index in [-0.39, 0.29) is 65.6 Å². The van der Waals surface area contributed by atoms with E-state index in [2.05, 4.69) is 5.92 Å². The molecule has 1 rings (SSSR count). The van der Waals surface area contributed by atoms with Crippen molar-refractivity contribution >= 4 is 17.9 Å². The lowest BCUT2D eigenvalue weighted by Gasteiger charge is -2.35. The van der Waals surface area contributed by atoms with Gasteiger partial charge in [0.25, 0.3) is 0 Å². The van der Waals surface area contributed by atoms with Gasteiger partial charge in [-0.25, -0.2) is 0 Å². The number of β-amino-alcohol motifs (C(OH)–C–C–N with tert-alkyl or cyclic N) is 1. The molecule has 0 spiro atoms. The second kappa shape index (κ2) is 15.5. The van der Waals surface area contributed by atoms with Crippen LogP contribution >= 0.6 is 0 Å². The summed E-state index contributed by atoms with van der Waals surface area (Å²) in [5, 5.41) is 43.5. The number of carbonyl (C=O) groups excluding carboxylic acids is 3. The van der Waals surface area contributed by atoms with E-state index >= 15 is 0 Å². The fraction of sp³-hybridized carbons (Fsp3) is 0.750. The molecule has 0 aromatic rings. The predicted molar refractivity (Wildman–Crippen MR) is 106 cm³/mol. The molecule has 1 aliphatic rings. The van der Waals surface area contributed by atoms with Crippen molar-refractivity contribution in [3.8, 4) is 12.3 Å². The molecule has 1 atom stereocenters. The molecular weight excluding hydrogens is 424 g/mol. The zero-order valence-corrected chi connectivity index (χ0v) is 18.1. The quantitative estimate of drug-likeness (QED) is 0.232. The molecule has 0 bridgehead atoms. The van der Waals surface area contributed by atoms with Crippen molar-refractivity contribution in [1.82, 2.24) is 19.6 Å². The molecule has 1 heterocycles. The average Bonchev–Trinajstić information content (AvgIpc) is 2.69. The topological polar surface area (TPSA) is 163 Å². The largest absolute Gasteiger partial charge is 0.549 e. The third-order valence-electron chi connectivity index (χ3n) is 4.95. The van der Waals surface area contributed by atoms with Crippen molar-refractivity contribution in [2.45, 2.75) is 6.10 Å². The summed E-state index contributed by atoms with van der Waals surface area (Å²) < 4.78 is 5.15. The van der Waals surface area contributed by atoms with Gasteiger partial charge in [0.05, 0.1) is 30.6 Å². The van der Waals surface area contributed by atoms with Crippen molar-refractivity contribution in [3.05, 3.63) is 0 Å². The smallest absolute Gasteiger partial charge is 0.107 e. The third kappa shape index (κ3) is 13.2. The molecule has 0 aromatic heterocycles. The molecule has 0 radical (unpaired) electrons. The number of hydrogen-bond donors (Lipinski definition) is 1. The summed E-state index contributed by atoms with van der Waals surface area (Å²) in [6.07, 6.45) is 4.29. The number of rotatable bonds is 11. The minimum Gasteiger partial charge on any atom is -0.549 e. The van der Waals surface area contributed by atoms with Crippen LogP contribution in [-0.4, -0.2) is 140 Å². The average molecular weight is 455 g/mol. The Morgan fingerprint density at radius 1 is 0.781 bits per heavy atom. The number of aliphatic hydroxyl groups is 1. The first-order chi connectivity index (χ1) is 15.2. The summed E-state index contributed by atoms with van der Waals surface area (Å²) in [7, 11) is 0. The number of aliphatic carboxylic acids is 3. The SMILES string of the molecule is C#CCOCC(O)CN1CCN(CC(=O)[O-])CCN(CC(=O)[O-])CCN(CC(=O)[O-])CC1. The highest BCUT2D eigenvalue weighted by atomic mass is 16.5. The monoisotopic (exact) mass is 455 g/mol. The van der Waals surface area contributed by atoms with E-state index in [1.807, 2.05) is 4.90 Å². The number of carboxylic acids is 3. The van der Waals surface area contributed by atoms with Gasteiger partial charge in [0.15, 0.2) is 0 Å². The molecule has 0 aliphatic carbocycles. The first-order valence-corrected chi connectivity index (χ1v) is 10.4. The van der Waals surface area contributed by atoms with Gasteiger partial charge in [-0.3, -0.25) is 19.6 Å². The van der Waals surface area contributed by atoms with Crippen LogP contribution in [0.4, 0.5) is 0 Å². The van der Waals surface area contributed by atoms with Crippen molar-refractivity contribution in [2.24, 2.45) is 0 Å². The van der Waals surface area contributed by atoms with Crippen LogP contribution in [0.5, 0.6) is 0 Å². The summed E-state index contributed by atoms with van der Waals surface area (Å²) in [4.78, 5) is 40.0. The fourth-order valence-electron chi connectivity index (χ4n) is 3.39. The summed E-state index contributed by atoms with van der Waals surface area (Å²) in [5.41, 5.74) is 0. The molecule has 1 saturated heterocycles. The number of terminal acetylenes is 1. The molecule has 1 fully saturated rings. The lowest BCUT2D eigenvalue weighted by Crippen LogP contribution is -2.51. The Labute approximate surface area is 187 Å². The third-order valence-corrected chi connectivity index (χ3v) is 4.95. The maximum absolute atomic E-state index is 11.1. The first-order valence-electron chi connectivity index (χ1n) is 10.4. The van der Waals surface area contributed by atoms with Gasteiger partial charge < -0.3 is 39.5 Å². The van der Waals surface area contributed by atoms with Crippen LogP contribution in [0.15, 0.2) is 0 Å². The summed E-state index contributed by atoms with van der Waals surface area (Å²) in [6, 6.07) is 0. The lowest BCUT2D eigenvalue weighted by atomic mass is 10.3. The van der Waals surface area contributed by atoms with Crippen molar-refractivity contribution in [2.75, 3.05) is 91.8 Å². The fourth-order valence-corrected chi connectivity index (χ4v) is 3.39. The Balaban J connectivity index is 2.89. The van der Waals surface area contributed by atoms with Gasteiger partial charge in [-0.1, -0.05) is 5.92 Å². The van der Waals surface area contributed by atoms with Crippen LogP contribution in [0, 0.1) is 12.3 Å². The molecule has 182 valence electrons. The summed E-state index contributed by atoms with van der Waals surface area (Å²) >= 11 is 0. The minimum atomic E-state index is -1.28. The number of aliphatic hydroxyl groups excluding tert-OH is 1. The first kappa shape index (κ1) is 27.8. The van der Waals surface area contributed by atoms with Crippen molar-refractivity contribution in [1.29, 1.82) is 0 Å². The molecule has 1 aliphatic heterocycles. The lowest BCUT2D eigenvalue weighted by molar-refractivity contribution is -0.308. The van der Waals surface area contributed by atoms with Crippen LogP contribution < -0.4 is 15.3 Å². The van der Waals surface area contributed by atoms with E-state index in [4.69, 9.17) is 11.2 Å². The zero-order chi connectivity index (χ0) is 23.9. The highest BCUT2D eigenvalue weighted by Gasteiger charge is 2.19. The van der Waals surface area contributed by atoms with Gasteiger partial charge in [-0.2, -0.15) is 0 Å². The van der Waals surface area contributed by atoms with E-state index in [9.17, 15) is 34.8 Å². The van der Waals surface area contributed by atoms with Crippen LogP contribution in [0.3, 0.4) is 0 Å². The predicted octanol–water partition coefficient (Wildman–Crippen LogP) is -6.53. The minimum absolute atomic E-state index is 0.0321. The van der Waals surface area contributed by atoms with Gasteiger partial charge in [-0.15, -0.1) is 6.42 Å². The van der Waals surface area contributed by atoms with Crippen LogP contribution in [-0.2, 0) is 19.1 Å². The Hall–Kier alpha value is -2.27. The van der Waals surface area contributed by atoms with E-state index in [0.29, 0.717) is 26.2 Å². The maximum atomic E-state index is 11.1. The van der Waals surface area contributed by atoms with Crippen LogP contribution in [0.2, 0.25) is 0 Å². The molecule has 0 amide bonds. The van der Waals surface area contributed by atoms with Crippen LogP contribution in [0.1, 0.15) is 0 Å². The molecular formula is C20H31N4O8-3. The normalized spacial score (nSPS) is 19.4. The number of carbonyl (C=O) groups is 3. The van der Waals surface area contributed by atoms with E-state index in [1.54, 1.807) is 14.7 Å². The standard InChI is InChI=1S/C20H34N4O8/c1-2-11-32-16-17(25)12-21-3-5-22(13-18(26)27)7-9-24(15-20(30)31)10-8-23(6-4-21)14-19(28)29/h1,17,25H,3-16H2,(H,26,27)(H,28,29)(H,30,31)/p-3. The number of hydrogen-bond acceptors (Lipinski definition) is 12. The van der Waals surface area contributed by atoms with E-state index < -0.39 is 24.0 Å².